The van der Waals surface area contributed by atoms with Crippen LogP contribution in [0.3, 0.4) is 0 Å². The second-order valence-electron chi connectivity index (χ2n) is 6.09. The van der Waals surface area contributed by atoms with Gasteiger partial charge in [-0.15, -0.1) is 24.0 Å². The number of benzene rings is 2. The standard InChI is InChI=1S/C19H25N3O3S.HI/c1-4-20-19(21-12-15-5-8-17(23)9-6-15)22-13-16-7-10-18(14(2)11-16)26(3,24)25;/h5-11,23H,4,12-13H2,1-3H3,(H2,20,21,22);1H. The average molecular weight is 503 g/mol. The Morgan fingerprint density at radius 1 is 1.07 bits per heavy atom. The van der Waals surface area contributed by atoms with E-state index >= 15 is 0 Å². The Labute approximate surface area is 178 Å². The third kappa shape index (κ3) is 7.37. The molecule has 0 aliphatic heterocycles. The van der Waals surface area contributed by atoms with Gasteiger partial charge in [0.05, 0.1) is 11.4 Å². The number of hydrogen-bond donors (Lipinski definition) is 3. The maximum atomic E-state index is 11.7. The second-order valence-corrected chi connectivity index (χ2v) is 8.07. The van der Waals surface area contributed by atoms with Crippen molar-refractivity contribution in [1.29, 1.82) is 0 Å². The van der Waals surface area contributed by atoms with E-state index in [1.54, 1.807) is 31.2 Å². The lowest BCUT2D eigenvalue weighted by Gasteiger charge is -2.12. The minimum absolute atomic E-state index is 0. The maximum absolute atomic E-state index is 11.7. The number of sulfone groups is 1. The van der Waals surface area contributed by atoms with Gasteiger partial charge in [-0.3, -0.25) is 0 Å². The Hall–Kier alpha value is -1.81. The molecule has 0 atom stereocenters. The molecule has 0 unspecified atom stereocenters. The topological polar surface area (TPSA) is 90.8 Å². The second kappa shape index (κ2) is 10.5. The summed E-state index contributed by atoms with van der Waals surface area (Å²) in [5, 5.41) is 15.7. The molecule has 2 aromatic carbocycles. The van der Waals surface area contributed by atoms with Crippen LogP contribution in [0.1, 0.15) is 23.6 Å². The highest BCUT2D eigenvalue weighted by Gasteiger charge is 2.10. The summed E-state index contributed by atoms with van der Waals surface area (Å²) in [5.74, 6) is 0.910. The van der Waals surface area contributed by atoms with Crippen molar-refractivity contribution in [2.24, 2.45) is 4.99 Å². The van der Waals surface area contributed by atoms with E-state index in [1.165, 1.54) is 6.26 Å². The van der Waals surface area contributed by atoms with Crippen molar-refractivity contribution >= 4 is 39.8 Å². The number of nitrogens with zero attached hydrogens (tertiary/aromatic N) is 1. The lowest BCUT2D eigenvalue weighted by atomic mass is 10.1. The van der Waals surface area contributed by atoms with Crippen molar-refractivity contribution in [1.82, 2.24) is 10.6 Å². The number of phenolic OH excluding ortho intramolecular Hbond substituents is 1. The highest BCUT2D eigenvalue weighted by Crippen LogP contribution is 2.17. The molecule has 0 aliphatic rings. The first kappa shape index (κ1) is 23.2. The molecule has 0 saturated carbocycles. The molecular weight excluding hydrogens is 477 g/mol. The van der Waals surface area contributed by atoms with Gasteiger partial charge in [-0.25, -0.2) is 13.4 Å². The fourth-order valence-electron chi connectivity index (χ4n) is 2.54. The van der Waals surface area contributed by atoms with E-state index < -0.39 is 9.84 Å². The van der Waals surface area contributed by atoms with Crippen molar-refractivity contribution < 1.29 is 13.5 Å². The van der Waals surface area contributed by atoms with Crippen molar-refractivity contribution in [3.63, 3.8) is 0 Å². The van der Waals surface area contributed by atoms with E-state index in [9.17, 15) is 13.5 Å². The zero-order valence-electron chi connectivity index (χ0n) is 15.7. The zero-order valence-corrected chi connectivity index (χ0v) is 18.8. The van der Waals surface area contributed by atoms with E-state index in [-0.39, 0.29) is 29.7 Å². The molecule has 8 heteroatoms. The van der Waals surface area contributed by atoms with Crippen LogP contribution in [-0.2, 0) is 22.9 Å². The lowest BCUT2D eigenvalue weighted by molar-refractivity contribution is 0.475. The average Bonchev–Trinajstić information content (AvgIpc) is 2.57. The molecular formula is C19H26IN3O3S. The molecule has 3 N–H and O–H groups in total. The summed E-state index contributed by atoms with van der Waals surface area (Å²) in [5.41, 5.74) is 2.70. The number of aliphatic imine (C=N–C) groups is 1. The van der Waals surface area contributed by atoms with Gasteiger partial charge < -0.3 is 15.7 Å². The van der Waals surface area contributed by atoms with Crippen LogP contribution < -0.4 is 10.6 Å². The van der Waals surface area contributed by atoms with Crippen LogP contribution in [-0.4, -0.2) is 32.3 Å². The quantitative estimate of drug-likeness (QED) is 0.321. The summed E-state index contributed by atoms with van der Waals surface area (Å²) in [6.07, 6.45) is 1.21. The molecule has 0 aromatic heterocycles. The Morgan fingerprint density at radius 2 is 1.70 bits per heavy atom. The maximum Gasteiger partial charge on any atom is 0.191 e. The van der Waals surface area contributed by atoms with Crippen LogP contribution in [0.2, 0.25) is 0 Å². The Morgan fingerprint density at radius 3 is 2.26 bits per heavy atom. The monoisotopic (exact) mass is 503 g/mol. The first-order valence-corrected chi connectivity index (χ1v) is 10.3. The first-order valence-electron chi connectivity index (χ1n) is 8.39. The normalized spacial score (nSPS) is 11.6. The summed E-state index contributed by atoms with van der Waals surface area (Å²) in [4.78, 5) is 4.89. The molecule has 148 valence electrons. The smallest absolute Gasteiger partial charge is 0.191 e. The molecule has 0 radical (unpaired) electrons. The number of nitrogens with one attached hydrogen (secondary N) is 2. The van der Waals surface area contributed by atoms with E-state index in [1.807, 2.05) is 25.1 Å². The predicted octanol–water partition coefficient (Wildman–Crippen LogP) is 2.98. The first-order chi connectivity index (χ1) is 12.3. The van der Waals surface area contributed by atoms with Gasteiger partial charge in [-0.05, 0) is 48.7 Å². The number of halogens is 1. The molecule has 0 bridgehead atoms. The van der Waals surface area contributed by atoms with Gasteiger partial charge in [0.25, 0.3) is 0 Å². The van der Waals surface area contributed by atoms with Crippen molar-refractivity contribution in [3.8, 4) is 5.75 Å². The van der Waals surface area contributed by atoms with Gasteiger partial charge >= 0.3 is 0 Å². The third-order valence-corrected chi connectivity index (χ3v) is 5.06. The highest BCUT2D eigenvalue weighted by atomic mass is 127. The fraction of sp³-hybridized carbons (Fsp3) is 0.316. The van der Waals surface area contributed by atoms with Crippen LogP contribution in [0.5, 0.6) is 5.75 Å². The van der Waals surface area contributed by atoms with Crippen molar-refractivity contribution in [2.45, 2.75) is 31.8 Å². The zero-order chi connectivity index (χ0) is 19.2. The Balaban J connectivity index is 0.00000364. The van der Waals surface area contributed by atoms with E-state index in [0.717, 1.165) is 23.2 Å². The minimum Gasteiger partial charge on any atom is -0.508 e. The lowest BCUT2D eigenvalue weighted by Crippen LogP contribution is -2.36. The van der Waals surface area contributed by atoms with Gasteiger partial charge in [0.15, 0.2) is 15.8 Å². The third-order valence-electron chi connectivity index (χ3n) is 3.80. The van der Waals surface area contributed by atoms with Gasteiger partial charge in [-0.1, -0.05) is 24.3 Å². The molecule has 0 saturated heterocycles. The summed E-state index contributed by atoms with van der Waals surface area (Å²) in [6, 6.07) is 12.3. The molecule has 2 aromatic rings. The molecule has 0 aliphatic carbocycles. The van der Waals surface area contributed by atoms with E-state index in [4.69, 9.17) is 0 Å². The summed E-state index contributed by atoms with van der Waals surface area (Å²) in [6.45, 7) is 5.53. The summed E-state index contributed by atoms with van der Waals surface area (Å²) < 4.78 is 23.4. The predicted molar refractivity (Wildman–Crippen MR) is 119 cm³/mol. The number of guanidine groups is 1. The summed E-state index contributed by atoms with van der Waals surface area (Å²) >= 11 is 0. The Bertz CT molecular complexity index is 882. The molecule has 2 rings (SSSR count). The Kier molecular flexibility index (Phi) is 9.04. The number of phenols is 1. The van der Waals surface area contributed by atoms with Gasteiger partial charge in [0.1, 0.15) is 5.75 Å². The van der Waals surface area contributed by atoms with Crippen molar-refractivity contribution in [2.75, 3.05) is 12.8 Å². The molecule has 27 heavy (non-hydrogen) atoms. The molecule has 0 spiro atoms. The van der Waals surface area contributed by atoms with Gasteiger partial charge in [-0.2, -0.15) is 0 Å². The SMILES string of the molecule is CCNC(=NCc1ccc(S(C)(=O)=O)c(C)c1)NCc1ccc(O)cc1.I. The van der Waals surface area contributed by atoms with Gasteiger partial charge in [0, 0.05) is 19.3 Å². The number of rotatable bonds is 6. The van der Waals surface area contributed by atoms with E-state index in [0.29, 0.717) is 23.9 Å². The van der Waals surface area contributed by atoms with Crippen LogP contribution >= 0.6 is 24.0 Å². The van der Waals surface area contributed by atoms with Gasteiger partial charge in [0.2, 0.25) is 0 Å². The molecule has 6 nitrogen and oxygen atoms in total. The van der Waals surface area contributed by atoms with E-state index in [2.05, 4.69) is 15.6 Å². The highest BCUT2D eigenvalue weighted by molar-refractivity contribution is 14.0. The van der Waals surface area contributed by atoms with Crippen molar-refractivity contribution in [3.05, 3.63) is 59.2 Å². The number of hydrogen-bond acceptors (Lipinski definition) is 4. The molecule has 0 heterocycles. The van der Waals surface area contributed by atoms with Crippen LogP contribution in [0.4, 0.5) is 0 Å². The minimum atomic E-state index is -3.21. The molecule has 0 amide bonds. The van der Waals surface area contributed by atoms with Crippen LogP contribution in [0.15, 0.2) is 52.4 Å². The largest absolute Gasteiger partial charge is 0.508 e. The summed E-state index contributed by atoms with van der Waals surface area (Å²) in [7, 11) is -3.21. The number of aryl methyl sites for hydroxylation is 1. The number of aromatic hydroxyl groups is 1. The molecule has 0 fully saturated rings. The fourth-order valence-corrected chi connectivity index (χ4v) is 3.50. The van der Waals surface area contributed by atoms with Crippen LogP contribution in [0.25, 0.3) is 0 Å². The van der Waals surface area contributed by atoms with Crippen LogP contribution in [0, 0.1) is 6.92 Å².